The van der Waals surface area contributed by atoms with Gasteiger partial charge >= 0.3 is 0 Å². The first-order chi connectivity index (χ1) is 10.5. The lowest BCUT2D eigenvalue weighted by molar-refractivity contribution is -0.385. The highest BCUT2D eigenvalue weighted by molar-refractivity contribution is 7.98. The summed E-state index contributed by atoms with van der Waals surface area (Å²) in [6, 6.07) is 12.2. The Morgan fingerprint density at radius 1 is 1.18 bits per heavy atom. The normalized spacial score (nSPS) is 10.8. The number of hydrogen-bond donors (Lipinski definition) is 0. The smallest absolute Gasteiger partial charge is 0.272 e. The Morgan fingerprint density at radius 3 is 2.45 bits per heavy atom. The Hall–Kier alpha value is -2.40. The van der Waals surface area contributed by atoms with E-state index < -0.39 is 4.92 Å². The number of carbonyl (C=O) groups is 1. The largest absolute Gasteiger partial charge is 0.289 e. The van der Waals surface area contributed by atoms with Crippen LogP contribution in [0.1, 0.15) is 21.5 Å². The SMILES string of the molecule is CSc1ccc(C(=O)/C=C/c2ccc(C)c([N+](=O)[O-])c2)cc1. The zero-order chi connectivity index (χ0) is 16.1. The van der Waals surface area contributed by atoms with Crippen molar-refractivity contribution in [3.05, 3.63) is 75.3 Å². The summed E-state index contributed by atoms with van der Waals surface area (Å²) in [4.78, 5) is 23.7. The second-order valence-corrected chi connectivity index (χ2v) is 5.61. The number of nitrogens with zero attached hydrogens (tertiary/aromatic N) is 1. The minimum absolute atomic E-state index is 0.0546. The number of nitro benzene ring substituents is 1. The van der Waals surface area contributed by atoms with E-state index in [2.05, 4.69) is 0 Å². The molecule has 0 unspecified atom stereocenters. The van der Waals surface area contributed by atoms with E-state index in [0.717, 1.165) is 4.90 Å². The van der Waals surface area contributed by atoms with Crippen LogP contribution in [0.4, 0.5) is 5.69 Å². The van der Waals surface area contributed by atoms with Gasteiger partial charge in [0.05, 0.1) is 4.92 Å². The fourth-order valence-corrected chi connectivity index (χ4v) is 2.36. The van der Waals surface area contributed by atoms with Crippen LogP contribution in [0.2, 0.25) is 0 Å². The maximum absolute atomic E-state index is 12.1. The standard InChI is InChI=1S/C17H15NO3S/c1-12-3-4-13(11-16(12)18(20)21)5-10-17(19)14-6-8-15(22-2)9-7-14/h3-11H,1-2H3/b10-5+. The number of rotatable bonds is 5. The topological polar surface area (TPSA) is 60.2 Å². The molecule has 112 valence electrons. The molecule has 0 aromatic heterocycles. The van der Waals surface area contributed by atoms with Gasteiger partial charge in [-0.2, -0.15) is 0 Å². The van der Waals surface area contributed by atoms with Crippen LogP contribution < -0.4 is 0 Å². The number of ketones is 1. The maximum atomic E-state index is 12.1. The van der Waals surface area contributed by atoms with Crippen molar-refractivity contribution in [3.8, 4) is 0 Å². The lowest BCUT2D eigenvalue weighted by atomic mass is 10.1. The highest BCUT2D eigenvalue weighted by Gasteiger charge is 2.10. The van der Waals surface area contributed by atoms with E-state index in [9.17, 15) is 14.9 Å². The van der Waals surface area contributed by atoms with Crippen molar-refractivity contribution in [2.45, 2.75) is 11.8 Å². The molecule has 0 aliphatic rings. The average molecular weight is 313 g/mol. The molecule has 2 aromatic carbocycles. The van der Waals surface area contributed by atoms with Gasteiger partial charge in [0.15, 0.2) is 5.78 Å². The second-order valence-electron chi connectivity index (χ2n) is 4.73. The average Bonchev–Trinajstić information content (AvgIpc) is 2.53. The van der Waals surface area contributed by atoms with Crippen molar-refractivity contribution in [1.82, 2.24) is 0 Å². The summed E-state index contributed by atoms with van der Waals surface area (Å²) in [6.07, 6.45) is 5.00. The van der Waals surface area contributed by atoms with Crippen LogP contribution in [0.25, 0.3) is 6.08 Å². The van der Waals surface area contributed by atoms with Gasteiger partial charge < -0.3 is 0 Å². The molecule has 0 radical (unpaired) electrons. The van der Waals surface area contributed by atoms with Gasteiger partial charge in [0, 0.05) is 22.1 Å². The number of thioether (sulfide) groups is 1. The first-order valence-corrected chi connectivity index (χ1v) is 7.85. The van der Waals surface area contributed by atoms with Crippen LogP contribution in [0.3, 0.4) is 0 Å². The van der Waals surface area contributed by atoms with Crippen LogP contribution in [-0.4, -0.2) is 17.0 Å². The van der Waals surface area contributed by atoms with E-state index >= 15 is 0 Å². The molecule has 2 aromatic rings. The third-order valence-electron chi connectivity index (χ3n) is 3.23. The maximum Gasteiger partial charge on any atom is 0.272 e. The quantitative estimate of drug-likeness (QED) is 0.268. The number of benzene rings is 2. The van der Waals surface area contributed by atoms with Crippen LogP contribution in [0, 0.1) is 17.0 Å². The Morgan fingerprint density at radius 2 is 1.86 bits per heavy atom. The molecule has 0 aliphatic heterocycles. The Labute approximate surface area is 133 Å². The molecular weight excluding hydrogens is 298 g/mol. The monoisotopic (exact) mass is 313 g/mol. The summed E-state index contributed by atoms with van der Waals surface area (Å²) in [5.74, 6) is -0.129. The first-order valence-electron chi connectivity index (χ1n) is 6.63. The van der Waals surface area contributed by atoms with Crippen molar-refractivity contribution in [2.75, 3.05) is 6.26 Å². The molecule has 0 N–H and O–H groups in total. The predicted octanol–water partition coefficient (Wildman–Crippen LogP) is 4.52. The van der Waals surface area contributed by atoms with Crippen molar-refractivity contribution in [1.29, 1.82) is 0 Å². The molecule has 0 fully saturated rings. The lowest BCUT2D eigenvalue weighted by Crippen LogP contribution is -1.94. The summed E-state index contributed by atoms with van der Waals surface area (Å²) >= 11 is 1.61. The first kappa shape index (κ1) is 16.0. The van der Waals surface area contributed by atoms with Gasteiger partial charge in [0.2, 0.25) is 0 Å². The van der Waals surface area contributed by atoms with Crippen molar-refractivity contribution >= 4 is 29.3 Å². The molecule has 0 saturated carbocycles. The third kappa shape index (κ3) is 3.83. The van der Waals surface area contributed by atoms with Crippen LogP contribution >= 0.6 is 11.8 Å². The van der Waals surface area contributed by atoms with Crippen molar-refractivity contribution in [2.24, 2.45) is 0 Å². The molecule has 2 rings (SSSR count). The van der Waals surface area contributed by atoms with Crippen LogP contribution in [0.5, 0.6) is 0 Å². The highest BCUT2D eigenvalue weighted by atomic mass is 32.2. The minimum Gasteiger partial charge on any atom is -0.289 e. The number of aryl methyl sites for hydroxylation is 1. The summed E-state index contributed by atoms with van der Waals surface area (Å²) in [5, 5.41) is 10.9. The van der Waals surface area contributed by atoms with E-state index in [1.807, 2.05) is 18.4 Å². The van der Waals surface area contributed by atoms with Crippen LogP contribution in [-0.2, 0) is 0 Å². The van der Waals surface area contributed by atoms with Crippen molar-refractivity contribution < 1.29 is 9.72 Å². The number of nitro groups is 1. The molecular formula is C17H15NO3S. The molecule has 0 amide bonds. The van der Waals surface area contributed by atoms with Gasteiger partial charge in [-0.05, 0) is 49.1 Å². The van der Waals surface area contributed by atoms with E-state index in [-0.39, 0.29) is 11.5 Å². The van der Waals surface area contributed by atoms with Crippen LogP contribution in [0.15, 0.2) is 53.4 Å². The molecule has 22 heavy (non-hydrogen) atoms. The number of carbonyl (C=O) groups excluding carboxylic acids is 1. The molecule has 5 heteroatoms. The molecule has 0 heterocycles. The second kappa shape index (κ2) is 7.04. The summed E-state index contributed by atoms with van der Waals surface area (Å²) < 4.78 is 0. The summed E-state index contributed by atoms with van der Waals surface area (Å²) in [5.41, 5.74) is 1.88. The van der Waals surface area contributed by atoms with E-state index in [1.165, 1.54) is 12.1 Å². The van der Waals surface area contributed by atoms with Gasteiger partial charge in [-0.25, -0.2) is 0 Å². The summed E-state index contributed by atoms with van der Waals surface area (Å²) in [6.45, 7) is 1.68. The zero-order valence-corrected chi connectivity index (χ0v) is 13.1. The fraction of sp³-hybridized carbons (Fsp3) is 0.118. The fourth-order valence-electron chi connectivity index (χ4n) is 1.95. The van der Waals surface area contributed by atoms with Gasteiger partial charge in [0.25, 0.3) is 5.69 Å². The van der Waals surface area contributed by atoms with Gasteiger partial charge in [-0.15, -0.1) is 11.8 Å². The highest BCUT2D eigenvalue weighted by Crippen LogP contribution is 2.20. The molecule has 0 atom stereocenters. The molecule has 0 spiro atoms. The van der Waals surface area contributed by atoms with Gasteiger partial charge in [-0.3, -0.25) is 14.9 Å². The predicted molar refractivity (Wildman–Crippen MR) is 89.4 cm³/mol. The van der Waals surface area contributed by atoms with E-state index in [0.29, 0.717) is 16.7 Å². The van der Waals surface area contributed by atoms with Gasteiger partial charge in [-0.1, -0.05) is 18.2 Å². The summed E-state index contributed by atoms with van der Waals surface area (Å²) in [7, 11) is 0. The molecule has 0 saturated heterocycles. The minimum atomic E-state index is -0.421. The Bertz CT molecular complexity index is 736. The van der Waals surface area contributed by atoms with E-state index in [4.69, 9.17) is 0 Å². The lowest BCUT2D eigenvalue weighted by Gasteiger charge is -2.00. The third-order valence-corrected chi connectivity index (χ3v) is 3.98. The molecule has 0 bridgehead atoms. The van der Waals surface area contributed by atoms with E-state index in [1.54, 1.807) is 49.0 Å². The number of allylic oxidation sites excluding steroid dienone is 1. The number of hydrogen-bond acceptors (Lipinski definition) is 4. The van der Waals surface area contributed by atoms with Gasteiger partial charge in [0.1, 0.15) is 0 Å². The zero-order valence-electron chi connectivity index (χ0n) is 12.3. The molecule has 4 nitrogen and oxygen atoms in total. The Kier molecular flexibility index (Phi) is 5.12. The molecule has 0 aliphatic carbocycles. The van der Waals surface area contributed by atoms with Crippen molar-refractivity contribution in [3.63, 3.8) is 0 Å². The Balaban J connectivity index is 2.18.